The summed E-state index contributed by atoms with van der Waals surface area (Å²) < 4.78 is 6.84. The number of rotatable bonds is 5. The van der Waals surface area contributed by atoms with Crippen molar-refractivity contribution in [1.82, 2.24) is 14.9 Å². The first-order valence-electron chi connectivity index (χ1n) is 6.25. The van der Waals surface area contributed by atoms with Gasteiger partial charge in [0.15, 0.2) is 0 Å². The third kappa shape index (κ3) is 3.58. The van der Waals surface area contributed by atoms with Crippen molar-refractivity contribution in [3.63, 3.8) is 0 Å². The summed E-state index contributed by atoms with van der Waals surface area (Å²) in [5.74, 6) is 0. The molecule has 1 atom stereocenters. The van der Waals surface area contributed by atoms with E-state index in [1.165, 1.54) is 0 Å². The number of ether oxygens (including phenoxy) is 1. The molecule has 2 rings (SSSR count). The standard InChI is InChI=1S/C14H17N3O3/c1-17-10-15-7-13(17)12(8-18)16-14(19)20-9-11-5-3-2-4-6-11/h2-7,10,12,18H,8-9H2,1H3,(H,16,19). The minimum atomic E-state index is -0.575. The summed E-state index contributed by atoms with van der Waals surface area (Å²) in [5.41, 5.74) is 1.62. The number of aryl methyl sites for hydroxylation is 1. The quantitative estimate of drug-likeness (QED) is 0.864. The van der Waals surface area contributed by atoms with E-state index in [-0.39, 0.29) is 13.2 Å². The topological polar surface area (TPSA) is 76.4 Å². The van der Waals surface area contributed by atoms with Crippen LogP contribution in [0.5, 0.6) is 0 Å². The average molecular weight is 275 g/mol. The van der Waals surface area contributed by atoms with Crippen molar-refractivity contribution in [2.45, 2.75) is 12.6 Å². The third-order valence-corrected chi connectivity index (χ3v) is 2.90. The van der Waals surface area contributed by atoms with Gasteiger partial charge >= 0.3 is 6.09 Å². The number of aromatic nitrogens is 2. The number of amides is 1. The molecule has 0 spiro atoms. The van der Waals surface area contributed by atoms with E-state index in [1.807, 2.05) is 30.3 Å². The van der Waals surface area contributed by atoms with Crippen LogP contribution < -0.4 is 5.32 Å². The van der Waals surface area contributed by atoms with E-state index in [4.69, 9.17) is 4.74 Å². The molecule has 1 heterocycles. The molecule has 1 amide bonds. The molecule has 0 saturated heterocycles. The molecule has 0 aliphatic rings. The molecule has 1 aromatic heterocycles. The lowest BCUT2D eigenvalue weighted by atomic mass is 10.2. The summed E-state index contributed by atoms with van der Waals surface area (Å²) in [4.78, 5) is 15.7. The zero-order chi connectivity index (χ0) is 14.4. The second-order valence-corrected chi connectivity index (χ2v) is 4.37. The number of aliphatic hydroxyl groups is 1. The Morgan fingerprint density at radius 3 is 2.80 bits per heavy atom. The van der Waals surface area contributed by atoms with Gasteiger partial charge < -0.3 is 19.7 Å². The molecular formula is C14H17N3O3. The fourth-order valence-electron chi connectivity index (χ4n) is 1.82. The number of hydrogen-bond acceptors (Lipinski definition) is 4. The lowest BCUT2D eigenvalue weighted by molar-refractivity contribution is 0.128. The Bertz CT molecular complexity index is 554. The number of carbonyl (C=O) groups is 1. The number of hydrogen-bond donors (Lipinski definition) is 2. The van der Waals surface area contributed by atoms with Crippen LogP contribution in [0.1, 0.15) is 17.3 Å². The van der Waals surface area contributed by atoms with Crippen LogP contribution >= 0.6 is 0 Å². The largest absolute Gasteiger partial charge is 0.445 e. The van der Waals surface area contributed by atoms with E-state index in [0.717, 1.165) is 5.56 Å². The fraction of sp³-hybridized carbons (Fsp3) is 0.286. The Kier molecular flexibility index (Phi) is 4.73. The van der Waals surface area contributed by atoms with Gasteiger partial charge in [-0.05, 0) is 5.56 Å². The Labute approximate surface area is 117 Å². The van der Waals surface area contributed by atoms with E-state index in [1.54, 1.807) is 24.1 Å². The molecule has 2 aromatic rings. The van der Waals surface area contributed by atoms with Crippen molar-refractivity contribution < 1.29 is 14.6 Å². The maximum absolute atomic E-state index is 11.7. The van der Waals surface area contributed by atoms with E-state index in [0.29, 0.717) is 5.69 Å². The molecular weight excluding hydrogens is 258 g/mol. The third-order valence-electron chi connectivity index (χ3n) is 2.90. The predicted molar refractivity (Wildman–Crippen MR) is 72.8 cm³/mol. The zero-order valence-electron chi connectivity index (χ0n) is 11.2. The highest BCUT2D eigenvalue weighted by Gasteiger charge is 2.17. The van der Waals surface area contributed by atoms with Crippen molar-refractivity contribution in [1.29, 1.82) is 0 Å². The highest BCUT2D eigenvalue weighted by molar-refractivity contribution is 5.67. The van der Waals surface area contributed by atoms with Crippen molar-refractivity contribution >= 4 is 6.09 Å². The first kappa shape index (κ1) is 14.1. The Morgan fingerprint density at radius 1 is 1.45 bits per heavy atom. The van der Waals surface area contributed by atoms with E-state index >= 15 is 0 Å². The van der Waals surface area contributed by atoms with Gasteiger partial charge in [-0.25, -0.2) is 9.78 Å². The van der Waals surface area contributed by atoms with Crippen LogP contribution in [-0.4, -0.2) is 27.4 Å². The molecule has 0 bridgehead atoms. The van der Waals surface area contributed by atoms with Crippen LogP contribution in [0.25, 0.3) is 0 Å². The van der Waals surface area contributed by atoms with Gasteiger partial charge in [0.25, 0.3) is 0 Å². The summed E-state index contributed by atoms with van der Waals surface area (Å²) in [6.45, 7) is -0.0316. The first-order chi connectivity index (χ1) is 9.70. The number of carbonyl (C=O) groups excluding carboxylic acids is 1. The van der Waals surface area contributed by atoms with Crippen molar-refractivity contribution in [2.75, 3.05) is 6.61 Å². The smallest absolute Gasteiger partial charge is 0.408 e. The summed E-state index contributed by atoms with van der Waals surface area (Å²) >= 11 is 0. The van der Waals surface area contributed by atoms with Crippen molar-refractivity contribution in [3.8, 4) is 0 Å². The van der Waals surface area contributed by atoms with Crippen LogP contribution in [0.2, 0.25) is 0 Å². The van der Waals surface area contributed by atoms with Crippen molar-refractivity contribution in [3.05, 3.63) is 54.1 Å². The highest BCUT2D eigenvalue weighted by Crippen LogP contribution is 2.11. The van der Waals surface area contributed by atoms with Gasteiger partial charge in [-0.2, -0.15) is 0 Å². The van der Waals surface area contributed by atoms with Crippen molar-refractivity contribution in [2.24, 2.45) is 7.05 Å². The van der Waals surface area contributed by atoms with Gasteiger partial charge in [0.1, 0.15) is 6.61 Å². The summed E-state index contributed by atoms with van der Waals surface area (Å²) in [6.07, 6.45) is 2.63. The van der Waals surface area contributed by atoms with Gasteiger partial charge in [0.05, 0.1) is 30.9 Å². The summed E-state index contributed by atoms with van der Waals surface area (Å²) in [7, 11) is 1.79. The lowest BCUT2D eigenvalue weighted by Gasteiger charge is -2.16. The molecule has 0 fully saturated rings. The minimum absolute atomic E-state index is 0.191. The van der Waals surface area contributed by atoms with Crippen LogP contribution in [0, 0.1) is 0 Å². The number of alkyl carbamates (subject to hydrolysis) is 1. The molecule has 1 aromatic carbocycles. The van der Waals surface area contributed by atoms with Gasteiger partial charge in [0, 0.05) is 7.05 Å². The fourth-order valence-corrected chi connectivity index (χ4v) is 1.82. The Balaban J connectivity index is 1.88. The van der Waals surface area contributed by atoms with Crippen LogP contribution in [0.3, 0.4) is 0 Å². The number of nitrogens with zero attached hydrogens (tertiary/aromatic N) is 2. The number of aliphatic hydroxyl groups excluding tert-OH is 1. The highest BCUT2D eigenvalue weighted by atomic mass is 16.5. The summed E-state index contributed by atoms with van der Waals surface area (Å²) in [5, 5.41) is 12.0. The second kappa shape index (κ2) is 6.72. The predicted octanol–water partition coefficient (Wildman–Crippen LogP) is 1.38. The molecule has 0 radical (unpaired) electrons. The maximum Gasteiger partial charge on any atom is 0.408 e. The number of benzene rings is 1. The van der Waals surface area contributed by atoms with E-state index in [9.17, 15) is 9.90 Å². The molecule has 2 N–H and O–H groups in total. The van der Waals surface area contributed by atoms with Gasteiger partial charge in [-0.1, -0.05) is 30.3 Å². The second-order valence-electron chi connectivity index (χ2n) is 4.37. The molecule has 6 nitrogen and oxygen atoms in total. The SMILES string of the molecule is Cn1cncc1C(CO)NC(=O)OCc1ccccc1. The maximum atomic E-state index is 11.7. The number of imidazole rings is 1. The Morgan fingerprint density at radius 2 is 2.20 bits per heavy atom. The van der Waals surface area contributed by atoms with Gasteiger partial charge in [-0.3, -0.25) is 0 Å². The van der Waals surface area contributed by atoms with Gasteiger partial charge in [0.2, 0.25) is 0 Å². The van der Waals surface area contributed by atoms with E-state index in [2.05, 4.69) is 10.3 Å². The van der Waals surface area contributed by atoms with Crippen LogP contribution in [-0.2, 0) is 18.4 Å². The molecule has 1 unspecified atom stereocenters. The summed E-state index contributed by atoms with van der Waals surface area (Å²) in [6, 6.07) is 8.86. The molecule has 0 aliphatic heterocycles. The monoisotopic (exact) mass is 275 g/mol. The van der Waals surface area contributed by atoms with Crippen LogP contribution in [0.4, 0.5) is 4.79 Å². The molecule has 20 heavy (non-hydrogen) atoms. The average Bonchev–Trinajstić information content (AvgIpc) is 2.90. The molecule has 6 heteroatoms. The lowest BCUT2D eigenvalue weighted by Crippen LogP contribution is -2.32. The zero-order valence-corrected chi connectivity index (χ0v) is 11.2. The first-order valence-corrected chi connectivity index (χ1v) is 6.25. The Hall–Kier alpha value is -2.34. The number of nitrogens with one attached hydrogen (secondary N) is 1. The molecule has 106 valence electrons. The minimum Gasteiger partial charge on any atom is -0.445 e. The normalized spacial score (nSPS) is 11.9. The molecule has 0 saturated carbocycles. The van der Waals surface area contributed by atoms with Crippen LogP contribution in [0.15, 0.2) is 42.9 Å². The van der Waals surface area contributed by atoms with E-state index < -0.39 is 12.1 Å². The molecule has 0 aliphatic carbocycles. The van der Waals surface area contributed by atoms with Gasteiger partial charge in [-0.15, -0.1) is 0 Å².